The summed E-state index contributed by atoms with van der Waals surface area (Å²) in [7, 11) is 0. The molecule has 0 radical (unpaired) electrons. The lowest BCUT2D eigenvalue weighted by Crippen LogP contribution is -2.38. The topological polar surface area (TPSA) is 63.3 Å². The molecule has 98 valence electrons. The molecule has 0 amide bonds. The van der Waals surface area contributed by atoms with Gasteiger partial charge in [-0.05, 0) is 24.5 Å². The van der Waals surface area contributed by atoms with Crippen molar-refractivity contribution in [2.75, 3.05) is 6.54 Å². The smallest absolute Gasteiger partial charge is 0.310 e. The van der Waals surface area contributed by atoms with Crippen molar-refractivity contribution in [2.45, 2.75) is 31.6 Å². The average Bonchev–Trinajstić information content (AvgIpc) is 2.83. The van der Waals surface area contributed by atoms with E-state index in [1.807, 2.05) is 18.2 Å². The standard InChI is InChI=1S/C14H18ClNO2/c15-12-6-2-1-5-10(12)11(9-16)14(13(17)18)7-3-4-8-14/h1-2,5-6,11H,3-4,7-9,16H2,(H,17,18)/t11-/m1/s1. The van der Waals surface area contributed by atoms with Gasteiger partial charge in [-0.15, -0.1) is 0 Å². The first kappa shape index (κ1) is 13.4. The van der Waals surface area contributed by atoms with Gasteiger partial charge in [0.2, 0.25) is 0 Å². The molecule has 0 unspecified atom stereocenters. The molecule has 0 spiro atoms. The Morgan fingerprint density at radius 3 is 2.50 bits per heavy atom. The molecule has 2 rings (SSSR count). The zero-order valence-corrected chi connectivity index (χ0v) is 11.0. The summed E-state index contributed by atoms with van der Waals surface area (Å²) >= 11 is 6.19. The zero-order chi connectivity index (χ0) is 13.2. The molecule has 0 aromatic heterocycles. The fraction of sp³-hybridized carbons (Fsp3) is 0.500. The first-order valence-electron chi connectivity index (χ1n) is 6.30. The van der Waals surface area contributed by atoms with Crippen molar-refractivity contribution in [1.82, 2.24) is 0 Å². The van der Waals surface area contributed by atoms with Crippen LogP contribution in [-0.2, 0) is 4.79 Å². The summed E-state index contributed by atoms with van der Waals surface area (Å²) in [4.78, 5) is 11.7. The fourth-order valence-electron chi connectivity index (χ4n) is 3.13. The maximum atomic E-state index is 11.7. The van der Waals surface area contributed by atoms with Gasteiger partial charge < -0.3 is 10.8 Å². The third-order valence-corrected chi connectivity index (χ3v) is 4.45. The van der Waals surface area contributed by atoms with Gasteiger partial charge in [0.15, 0.2) is 0 Å². The fourth-order valence-corrected chi connectivity index (χ4v) is 3.39. The SMILES string of the molecule is NC[C@H](c1ccccc1Cl)C1(C(=O)O)CCCC1. The summed E-state index contributed by atoms with van der Waals surface area (Å²) < 4.78 is 0. The van der Waals surface area contributed by atoms with Gasteiger partial charge in [0.05, 0.1) is 5.41 Å². The van der Waals surface area contributed by atoms with E-state index in [-0.39, 0.29) is 5.92 Å². The highest BCUT2D eigenvalue weighted by atomic mass is 35.5. The van der Waals surface area contributed by atoms with E-state index >= 15 is 0 Å². The largest absolute Gasteiger partial charge is 0.481 e. The van der Waals surface area contributed by atoms with Crippen LogP contribution in [0.3, 0.4) is 0 Å². The number of carboxylic acids is 1. The van der Waals surface area contributed by atoms with E-state index in [1.165, 1.54) is 0 Å². The number of halogens is 1. The first-order valence-corrected chi connectivity index (χ1v) is 6.67. The minimum Gasteiger partial charge on any atom is -0.481 e. The first-order chi connectivity index (χ1) is 8.62. The lowest BCUT2D eigenvalue weighted by atomic mass is 9.70. The van der Waals surface area contributed by atoms with Crippen LogP contribution in [0.15, 0.2) is 24.3 Å². The van der Waals surface area contributed by atoms with Crippen molar-refractivity contribution in [1.29, 1.82) is 0 Å². The van der Waals surface area contributed by atoms with E-state index in [0.29, 0.717) is 24.4 Å². The summed E-state index contributed by atoms with van der Waals surface area (Å²) in [6, 6.07) is 7.42. The molecule has 1 atom stereocenters. The molecule has 3 nitrogen and oxygen atoms in total. The Balaban J connectivity index is 2.44. The minimum atomic E-state index is -0.740. The van der Waals surface area contributed by atoms with Crippen LogP contribution >= 0.6 is 11.6 Å². The number of rotatable bonds is 4. The van der Waals surface area contributed by atoms with Crippen LogP contribution in [0.25, 0.3) is 0 Å². The maximum Gasteiger partial charge on any atom is 0.310 e. The van der Waals surface area contributed by atoms with Gasteiger partial charge in [0.25, 0.3) is 0 Å². The minimum absolute atomic E-state index is 0.203. The van der Waals surface area contributed by atoms with Crippen molar-refractivity contribution in [3.63, 3.8) is 0 Å². The maximum absolute atomic E-state index is 11.7. The van der Waals surface area contributed by atoms with E-state index in [2.05, 4.69) is 0 Å². The van der Waals surface area contributed by atoms with Gasteiger partial charge in [0.1, 0.15) is 0 Å². The molecule has 0 bridgehead atoms. The molecule has 3 N–H and O–H groups in total. The molecule has 1 aromatic rings. The summed E-state index contributed by atoms with van der Waals surface area (Å²) in [5, 5.41) is 10.2. The lowest BCUT2D eigenvalue weighted by Gasteiger charge is -2.33. The summed E-state index contributed by atoms with van der Waals surface area (Å²) in [5.74, 6) is -0.943. The van der Waals surface area contributed by atoms with Crippen molar-refractivity contribution < 1.29 is 9.90 Å². The molecule has 4 heteroatoms. The third kappa shape index (κ3) is 2.13. The molecule has 18 heavy (non-hydrogen) atoms. The van der Waals surface area contributed by atoms with E-state index in [9.17, 15) is 9.90 Å². The number of carboxylic acid groups (broad SMARTS) is 1. The van der Waals surface area contributed by atoms with Crippen molar-refractivity contribution in [3.8, 4) is 0 Å². The second kappa shape index (κ2) is 5.29. The second-order valence-electron chi connectivity index (χ2n) is 4.98. The number of nitrogens with two attached hydrogens (primary N) is 1. The van der Waals surface area contributed by atoms with Gasteiger partial charge in [0, 0.05) is 17.5 Å². The molecule has 1 aliphatic carbocycles. The highest BCUT2D eigenvalue weighted by Crippen LogP contribution is 2.49. The monoisotopic (exact) mass is 267 g/mol. The van der Waals surface area contributed by atoms with E-state index < -0.39 is 11.4 Å². The van der Waals surface area contributed by atoms with Crippen LogP contribution < -0.4 is 5.73 Å². The van der Waals surface area contributed by atoms with Gasteiger partial charge in [-0.1, -0.05) is 42.6 Å². The van der Waals surface area contributed by atoms with Gasteiger partial charge in [-0.3, -0.25) is 4.79 Å². The Morgan fingerprint density at radius 1 is 1.39 bits per heavy atom. The molecular weight excluding hydrogens is 250 g/mol. The molecule has 0 aliphatic heterocycles. The molecular formula is C14H18ClNO2. The Bertz CT molecular complexity index is 441. The summed E-state index contributed by atoms with van der Waals surface area (Å²) in [6.07, 6.45) is 3.28. The quantitative estimate of drug-likeness (QED) is 0.881. The number of benzene rings is 1. The summed E-state index contributed by atoms with van der Waals surface area (Å²) in [6.45, 7) is 0.316. The molecule has 1 aromatic carbocycles. The summed E-state index contributed by atoms with van der Waals surface area (Å²) in [5.41, 5.74) is 5.98. The number of hydrogen-bond donors (Lipinski definition) is 2. The van der Waals surface area contributed by atoms with E-state index in [0.717, 1.165) is 18.4 Å². The Hall–Kier alpha value is -1.06. The van der Waals surface area contributed by atoms with Crippen molar-refractivity contribution in [3.05, 3.63) is 34.9 Å². The highest BCUT2D eigenvalue weighted by molar-refractivity contribution is 6.31. The second-order valence-corrected chi connectivity index (χ2v) is 5.39. The molecule has 1 aliphatic rings. The van der Waals surface area contributed by atoms with Gasteiger partial charge in [-0.2, -0.15) is 0 Å². The van der Waals surface area contributed by atoms with Crippen LogP contribution in [-0.4, -0.2) is 17.6 Å². The van der Waals surface area contributed by atoms with E-state index in [4.69, 9.17) is 17.3 Å². The van der Waals surface area contributed by atoms with Crippen LogP contribution in [0.1, 0.15) is 37.2 Å². The Labute approximate surface area is 112 Å². The Kier molecular flexibility index (Phi) is 3.93. The van der Waals surface area contributed by atoms with Crippen LogP contribution in [0.5, 0.6) is 0 Å². The number of hydrogen-bond acceptors (Lipinski definition) is 2. The zero-order valence-electron chi connectivity index (χ0n) is 10.2. The predicted octanol–water partition coefficient (Wildman–Crippen LogP) is 3.03. The van der Waals surface area contributed by atoms with Crippen LogP contribution in [0.2, 0.25) is 5.02 Å². The molecule has 1 saturated carbocycles. The molecule has 0 heterocycles. The van der Waals surface area contributed by atoms with E-state index in [1.54, 1.807) is 6.07 Å². The molecule has 1 fully saturated rings. The van der Waals surface area contributed by atoms with Crippen LogP contribution in [0, 0.1) is 5.41 Å². The number of aliphatic carboxylic acids is 1. The normalized spacial score (nSPS) is 19.7. The van der Waals surface area contributed by atoms with Gasteiger partial charge >= 0.3 is 5.97 Å². The van der Waals surface area contributed by atoms with Crippen molar-refractivity contribution in [2.24, 2.45) is 11.1 Å². The van der Waals surface area contributed by atoms with Gasteiger partial charge in [-0.25, -0.2) is 0 Å². The lowest BCUT2D eigenvalue weighted by molar-refractivity contribution is -0.150. The Morgan fingerprint density at radius 2 is 2.00 bits per heavy atom. The highest BCUT2D eigenvalue weighted by Gasteiger charge is 2.48. The number of carbonyl (C=O) groups is 1. The predicted molar refractivity (Wildman–Crippen MR) is 71.8 cm³/mol. The average molecular weight is 268 g/mol. The third-order valence-electron chi connectivity index (χ3n) is 4.11. The van der Waals surface area contributed by atoms with Crippen LogP contribution in [0.4, 0.5) is 0 Å². The molecule has 0 saturated heterocycles. The van der Waals surface area contributed by atoms with Crippen molar-refractivity contribution >= 4 is 17.6 Å².